The predicted molar refractivity (Wildman–Crippen MR) is 266 cm³/mol. The number of rotatable bonds is 13. The van der Waals surface area contributed by atoms with Crippen LogP contribution in [0.4, 0.5) is 0 Å². The number of aliphatic hydroxyl groups excluding tert-OH is 1. The number of hydrogen-bond donors (Lipinski definition) is 4. The van der Waals surface area contributed by atoms with E-state index in [0.29, 0.717) is 37.0 Å². The summed E-state index contributed by atoms with van der Waals surface area (Å²) in [7, 11) is 3.13. The molecular weight excluding hydrogens is 929 g/mol. The Balaban J connectivity index is 1.14. The Morgan fingerprint density at radius 1 is 0.944 bits per heavy atom. The maximum Gasteiger partial charge on any atom is 0.316 e. The third-order valence-electron chi connectivity index (χ3n) is 16.3. The third-order valence-corrected chi connectivity index (χ3v) is 16.3. The summed E-state index contributed by atoms with van der Waals surface area (Å²) in [6, 6.07) is 0. The van der Waals surface area contributed by atoms with Gasteiger partial charge in [0.15, 0.2) is 23.9 Å². The van der Waals surface area contributed by atoms with Gasteiger partial charge in [0.1, 0.15) is 35.9 Å². The van der Waals surface area contributed by atoms with Crippen molar-refractivity contribution in [2.24, 2.45) is 23.7 Å². The van der Waals surface area contributed by atoms with E-state index in [-0.39, 0.29) is 55.1 Å². The first-order valence-electron chi connectivity index (χ1n) is 26.5. The van der Waals surface area contributed by atoms with Gasteiger partial charge in [-0.3, -0.25) is 14.4 Å². The van der Waals surface area contributed by atoms with Gasteiger partial charge in [-0.05, 0) is 69.2 Å². The lowest BCUT2D eigenvalue weighted by Crippen LogP contribution is -2.74. The summed E-state index contributed by atoms with van der Waals surface area (Å²) in [4.78, 5) is 40.8. The van der Waals surface area contributed by atoms with Gasteiger partial charge in [-0.25, -0.2) is 0 Å². The van der Waals surface area contributed by atoms with Gasteiger partial charge in [0.25, 0.3) is 5.91 Å². The predicted octanol–water partition coefficient (Wildman–Crippen LogP) is 5.81. The van der Waals surface area contributed by atoms with Crippen molar-refractivity contribution in [3.63, 3.8) is 0 Å². The molecule has 4 N–H and O–H groups in total. The number of fused-ring (bicyclic) bond motifs is 2. The molecule has 6 heterocycles. The summed E-state index contributed by atoms with van der Waals surface area (Å²) >= 11 is 0. The molecule has 2 bridgehead atoms. The molecule has 0 saturated carbocycles. The molecule has 0 aromatic heterocycles. The summed E-state index contributed by atoms with van der Waals surface area (Å²) < 4.78 is 65.0. The monoisotopic (exact) mass is 1010 g/mol. The summed E-state index contributed by atoms with van der Waals surface area (Å²) in [5.74, 6) is -3.49. The first kappa shape index (κ1) is 56.4. The van der Waals surface area contributed by atoms with Crippen molar-refractivity contribution in [1.82, 2.24) is 10.6 Å². The molecule has 0 radical (unpaired) electrons. The quantitative estimate of drug-likeness (QED) is 0.0976. The molecule has 4 saturated heterocycles. The molecule has 72 heavy (non-hydrogen) atoms. The molecule has 2 amide bonds. The SMILES string of the molecule is CCCCNC(=O)[C@]1(NC(C)=O)[C@H](C)OC(O[C@H]2[C@H](C)OC(O[C@@H]3/C(C)=C/C[C@@H]4C[C@@H](C[C@]5(C=C[C@H](C)[C@@H](C(C)CC)O5)O4)OC(=O)[C@@H]4C=C(C)[C@@H](O)[C@H]5OC/C(=C\C=C\C3C)[C@]54O)C[C@@H]2OC)C[C@@H]1OC. The number of allylic oxidation sites excluding steroid dienone is 2. The molecule has 404 valence electrons. The standard InChI is InChI=1S/C55H84N2O15/c1-13-15-23-56-52(61)54(57-37(10)58)36(9)67-45(27-43(54)64-12)70-49-35(8)66-44(26-42(49)63-11)69-47-31(4)17-16-18-38-29-65-50-46(59)34(7)24-41(55(38,50)62)51(60)68-40-25-39(20-19-32(47)5)71-53(28-40)22-21-33(6)48(72-53)30(3)14-2/h16-19,21-22,24,30-31,33,35-36,39-50,59,62H,13-15,20,23,25-29H2,1-12H3,(H,56,61)(H,57,58)/b17-16+,32-19+,38-18+/t30?,31?,33-,35-,36-,39+,40-,41-,42-,43-,44?,45?,46+,47-,48+,49-,50+,53+,54-,55+/m0/s1. The zero-order valence-electron chi connectivity index (χ0n) is 44.6. The lowest BCUT2D eigenvalue weighted by molar-refractivity contribution is -0.316. The minimum absolute atomic E-state index is 0.00785. The average Bonchev–Trinajstić information content (AvgIpc) is 3.68. The van der Waals surface area contributed by atoms with Crippen LogP contribution in [0.3, 0.4) is 0 Å². The molecule has 17 heteroatoms. The molecule has 4 unspecified atom stereocenters. The van der Waals surface area contributed by atoms with E-state index in [2.05, 4.69) is 43.6 Å². The average molecular weight is 1010 g/mol. The topological polar surface area (TPSA) is 208 Å². The van der Waals surface area contributed by atoms with Gasteiger partial charge in [-0.2, -0.15) is 0 Å². The molecule has 4 fully saturated rings. The lowest BCUT2D eigenvalue weighted by Gasteiger charge is -2.49. The van der Waals surface area contributed by atoms with E-state index in [1.807, 2.05) is 45.9 Å². The van der Waals surface area contributed by atoms with Crippen LogP contribution >= 0.6 is 0 Å². The highest BCUT2D eigenvalue weighted by Gasteiger charge is 2.61. The maximum atomic E-state index is 14.4. The number of aliphatic hydroxyl groups is 2. The minimum atomic E-state index is -1.87. The van der Waals surface area contributed by atoms with Crippen molar-refractivity contribution >= 4 is 17.8 Å². The van der Waals surface area contributed by atoms with Crippen molar-refractivity contribution in [1.29, 1.82) is 0 Å². The maximum absolute atomic E-state index is 14.4. The van der Waals surface area contributed by atoms with Gasteiger partial charge in [-0.15, -0.1) is 0 Å². The van der Waals surface area contributed by atoms with E-state index < -0.39 is 102 Å². The molecule has 1 spiro atoms. The highest BCUT2D eigenvalue weighted by molar-refractivity contribution is 5.92. The number of nitrogens with one attached hydrogen (secondary N) is 2. The Hall–Kier alpha value is -3.33. The van der Waals surface area contributed by atoms with Crippen LogP contribution in [0.5, 0.6) is 0 Å². The smallest absolute Gasteiger partial charge is 0.316 e. The Kier molecular flexibility index (Phi) is 18.6. The number of unbranched alkanes of at least 4 members (excludes halogenated alkanes) is 1. The highest BCUT2D eigenvalue weighted by Crippen LogP contribution is 2.47. The van der Waals surface area contributed by atoms with Gasteiger partial charge in [0, 0.05) is 65.2 Å². The summed E-state index contributed by atoms with van der Waals surface area (Å²) in [5.41, 5.74) is -1.45. The molecule has 7 rings (SSSR count). The second kappa shape index (κ2) is 23.7. The van der Waals surface area contributed by atoms with Crippen LogP contribution in [0.2, 0.25) is 0 Å². The zero-order valence-corrected chi connectivity index (χ0v) is 44.6. The first-order valence-corrected chi connectivity index (χ1v) is 26.5. The van der Waals surface area contributed by atoms with E-state index in [1.165, 1.54) is 14.0 Å². The van der Waals surface area contributed by atoms with Crippen LogP contribution < -0.4 is 10.6 Å². The van der Waals surface area contributed by atoms with Crippen LogP contribution in [0.25, 0.3) is 0 Å². The number of carbonyl (C=O) groups is 3. The van der Waals surface area contributed by atoms with Crippen molar-refractivity contribution in [3.8, 4) is 0 Å². The number of esters is 1. The molecule has 17 nitrogen and oxygen atoms in total. The molecule has 0 aromatic rings. The lowest BCUT2D eigenvalue weighted by atomic mass is 9.71. The largest absolute Gasteiger partial charge is 0.462 e. The van der Waals surface area contributed by atoms with E-state index in [9.17, 15) is 24.6 Å². The molecule has 0 aromatic carbocycles. The van der Waals surface area contributed by atoms with Crippen molar-refractivity contribution in [2.45, 2.75) is 217 Å². The van der Waals surface area contributed by atoms with E-state index in [1.54, 1.807) is 33.1 Å². The Bertz CT molecular complexity index is 2080. The van der Waals surface area contributed by atoms with E-state index in [4.69, 9.17) is 47.4 Å². The van der Waals surface area contributed by atoms with Gasteiger partial charge in [0.05, 0.1) is 49.3 Å². The van der Waals surface area contributed by atoms with E-state index in [0.717, 1.165) is 24.8 Å². The van der Waals surface area contributed by atoms with Crippen LogP contribution in [0.15, 0.2) is 59.3 Å². The number of amides is 2. The first-order chi connectivity index (χ1) is 34.2. The third kappa shape index (κ3) is 11.6. The van der Waals surface area contributed by atoms with Crippen LogP contribution in [-0.2, 0) is 61.8 Å². The van der Waals surface area contributed by atoms with Gasteiger partial charge in [0.2, 0.25) is 5.91 Å². The molecule has 6 aliphatic heterocycles. The normalized spacial score (nSPS) is 44.8. The van der Waals surface area contributed by atoms with Crippen molar-refractivity contribution < 1.29 is 72.0 Å². The fourth-order valence-electron chi connectivity index (χ4n) is 12.0. The van der Waals surface area contributed by atoms with Crippen LogP contribution in [-0.4, -0.2) is 152 Å². The van der Waals surface area contributed by atoms with Crippen molar-refractivity contribution in [3.05, 3.63) is 59.3 Å². The van der Waals surface area contributed by atoms with Crippen LogP contribution in [0, 0.1) is 23.7 Å². The van der Waals surface area contributed by atoms with Crippen LogP contribution in [0.1, 0.15) is 121 Å². The number of hydrogen-bond acceptors (Lipinski definition) is 15. The van der Waals surface area contributed by atoms with E-state index >= 15 is 0 Å². The number of carbonyl (C=O) groups excluding carboxylic acids is 3. The molecule has 1 aliphatic carbocycles. The number of ether oxygens (including phenoxy) is 10. The Labute approximate surface area is 426 Å². The molecule has 7 aliphatic rings. The summed E-state index contributed by atoms with van der Waals surface area (Å²) in [6.45, 7) is 19.7. The minimum Gasteiger partial charge on any atom is -0.462 e. The van der Waals surface area contributed by atoms with Gasteiger partial charge >= 0.3 is 5.97 Å². The summed E-state index contributed by atoms with van der Waals surface area (Å²) in [5, 5.41) is 29.7. The number of methoxy groups -OCH3 is 2. The van der Waals surface area contributed by atoms with Crippen molar-refractivity contribution in [2.75, 3.05) is 27.4 Å². The van der Waals surface area contributed by atoms with Gasteiger partial charge in [-0.1, -0.05) is 83.9 Å². The Morgan fingerprint density at radius 2 is 1.69 bits per heavy atom. The second-order valence-corrected chi connectivity index (χ2v) is 21.5. The summed E-state index contributed by atoms with van der Waals surface area (Å²) in [6.07, 6.45) is 8.95. The second-order valence-electron chi connectivity index (χ2n) is 21.5. The fourth-order valence-corrected chi connectivity index (χ4v) is 12.0. The fraction of sp³-hybridized carbons (Fsp3) is 0.764. The van der Waals surface area contributed by atoms with Gasteiger partial charge < -0.3 is 68.2 Å². The highest BCUT2D eigenvalue weighted by atomic mass is 16.7. The molecule has 20 atom stereocenters. The molecular formula is C55H84N2O15. The Morgan fingerprint density at radius 3 is 2.39 bits per heavy atom. The zero-order chi connectivity index (χ0) is 52.3.